The molecule has 0 aliphatic heterocycles. The van der Waals surface area contributed by atoms with Crippen LogP contribution in [-0.4, -0.2) is 31.4 Å². The minimum Gasteiger partial charge on any atom is -0.480 e. The first-order valence-electron chi connectivity index (χ1n) is 4.37. The minimum absolute atomic E-state index is 0.0622. The molecule has 0 radical (unpaired) electrons. The fraction of sp³-hybridized carbons (Fsp3) is 0.250. The number of carbonyl (C=O) groups is 2. The summed E-state index contributed by atoms with van der Waals surface area (Å²) in [6, 6.07) is 0.0458. The normalized spacial score (nSPS) is 13.1. The van der Waals surface area contributed by atoms with Crippen LogP contribution >= 0.6 is 11.3 Å². The van der Waals surface area contributed by atoms with Crippen molar-refractivity contribution in [2.45, 2.75) is 17.2 Å². The van der Waals surface area contributed by atoms with Gasteiger partial charge in [0.2, 0.25) is 10.0 Å². The number of aliphatic carboxylic acids is 1. The van der Waals surface area contributed by atoms with Gasteiger partial charge >= 0.3 is 5.97 Å². The average Bonchev–Trinajstić information content (AvgIpc) is 2.65. The number of nitrogens with two attached hydrogens (primary N) is 1. The highest BCUT2D eigenvalue weighted by Gasteiger charge is 2.18. The molecule has 94 valence electrons. The Morgan fingerprint density at radius 2 is 2.12 bits per heavy atom. The lowest BCUT2D eigenvalue weighted by Crippen LogP contribution is -2.38. The van der Waals surface area contributed by atoms with Crippen LogP contribution in [0.25, 0.3) is 0 Å². The van der Waals surface area contributed by atoms with Gasteiger partial charge in [0.25, 0.3) is 5.91 Å². The Bertz CT molecular complexity index is 548. The number of hydrogen-bond donors (Lipinski definition) is 3. The van der Waals surface area contributed by atoms with Crippen LogP contribution in [0.1, 0.15) is 17.3 Å². The maximum Gasteiger partial charge on any atom is 0.325 e. The van der Waals surface area contributed by atoms with E-state index in [0.29, 0.717) is 0 Å². The molecule has 0 fully saturated rings. The molecule has 4 N–H and O–H groups in total. The van der Waals surface area contributed by atoms with E-state index in [4.69, 9.17) is 10.2 Å². The lowest BCUT2D eigenvalue weighted by atomic mass is 10.3. The molecule has 0 aliphatic carbocycles. The van der Waals surface area contributed by atoms with Crippen LogP contribution < -0.4 is 10.5 Å². The molecule has 1 rings (SSSR count). The van der Waals surface area contributed by atoms with Crippen molar-refractivity contribution in [3.8, 4) is 0 Å². The van der Waals surface area contributed by atoms with Crippen molar-refractivity contribution >= 4 is 33.2 Å². The van der Waals surface area contributed by atoms with Crippen LogP contribution in [0.4, 0.5) is 0 Å². The number of hydrogen-bond acceptors (Lipinski definition) is 5. The fourth-order valence-electron chi connectivity index (χ4n) is 0.927. The number of amides is 1. The summed E-state index contributed by atoms with van der Waals surface area (Å²) in [5.41, 5.74) is 0.0622. The molecular formula is C8H10N2O5S2. The second-order valence-corrected chi connectivity index (χ2v) is 5.93. The van der Waals surface area contributed by atoms with Crippen molar-refractivity contribution in [2.75, 3.05) is 0 Å². The van der Waals surface area contributed by atoms with Gasteiger partial charge < -0.3 is 10.4 Å². The van der Waals surface area contributed by atoms with E-state index in [1.54, 1.807) is 0 Å². The molecule has 0 aromatic carbocycles. The van der Waals surface area contributed by atoms with Crippen LogP contribution in [0.5, 0.6) is 0 Å². The van der Waals surface area contributed by atoms with Crippen molar-refractivity contribution < 1.29 is 23.1 Å². The summed E-state index contributed by atoms with van der Waals surface area (Å²) in [6.45, 7) is 1.30. The molecule has 0 spiro atoms. The number of nitrogens with one attached hydrogen (secondary N) is 1. The molecule has 0 bridgehead atoms. The van der Waals surface area contributed by atoms with Crippen molar-refractivity contribution in [1.82, 2.24) is 5.32 Å². The van der Waals surface area contributed by atoms with E-state index in [1.807, 2.05) is 0 Å². The highest BCUT2D eigenvalue weighted by molar-refractivity contribution is 7.91. The van der Waals surface area contributed by atoms with Gasteiger partial charge in [0.15, 0.2) is 0 Å². The number of primary sulfonamides is 1. The van der Waals surface area contributed by atoms with Crippen molar-refractivity contribution in [3.63, 3.8) is 0 Å². The van der Waals surface area contributed by atoms with E-state index in [2.05, 4.69) is 5.32 Å². The molecule has 17 heavy (non-hydrogen) atoms. The Morgan fingerprint density at radius 3 is 2.53 bits per heavy atom. The maximum absolute atomic E-state index is 11.5. The maximum atomic E-state index is 11.5. The number of rotatable bonds is 4. The summed E-state index contributed by atoms with van der Waals surface area (Å²) < 4.78 is 21.8. The number of carboxylic acid groups (broad SMARTS) is 1. The third kappa shape index (κ3) is 3.51. The number of carbonyl (C=O) groups excluding carboxylic acids is 1. The van der Waals surface area contributed by atoms with Crippen LogP contribution in [0.15, 0.2) is 15.7 Å². The van der Waals surface area contributed by atoms with E-state index in [-0.39, 0.29) is 9.77 Å². The Labute approximate surface area is 101 Å². The fourth-order valence-corrected chi connectivity index (χ4v) is 2.51. The van der Waals surface area contributed by atoms with Crippen LogP contribution in [0.3, 0.4) is 0 Å². The summed E-state index contributed by atoms with van der Waals surface area (Å²) >= 11 is 0.799. The second kappa shape index (κ2) is 4.82. The molecule has 1 aromatic rings. The van der Waals surface area contributed by atoms with E-state index in [0.717, 1.165) is 17.4 Å². The van der Waals surface area contributed by atoms with Gasteiger partial charge in [-0.2, -0.15) is 0 Å². The van der Waals surface area contributed by atoms with Crippen molar-refractivity contribution in [2.24, 2.45) is 5.14 Å². The zero-order valence-electron chi connectivity index (χ0n) is 8.71. The smallest absolute Gasteiger partial charge is 0.325 e. The summed E-state index contributed by atoms with van der Waals surface area (Å²) in [7, 11) is -3.84. The predicted molar refractivity (Wildman–Crippen MR) is 60.3 cm³/mol. The van der Waals surface area contributed by atoms with Gasteiger partial charge in [0.05, 0.1) is 5.56 Å². The lowest BCUT2D eigenvalue weighted by molar-refractivity contribution is -0.138. The Morgan fingerprint density at radius 1 is 1.53 bits per heavy atom. The van der Waals surface area contributed by atoms with Gasteiger partial charge in [-0.25, -0.2) is 13.6 Å². The third-order valence-electron chi connectivity index (χ3n) is 1.84. The van der Waals surface area contributed by atoms with Gasteiger partial charge in [-0.05, 0) is 13.0 Å². The lowest BCUT2D eigenvalue weighted by Gasteiger charge is -2.07. The summed E-state index contributed by atoms with van der Waals surface area (Å²) in [6.07, 6.45) is 0. The third-order valence-corrected chi connectivity index (χ3v) is 4.22. The summed E-state index contributed by atoms with van der Waals surface area (Å²) in [5, 5.41) is 16.9. The highest BCUT2D eigenvalue weighted by atomic mass is 32.2. The minimum atomic E-state index is -3.84. The largest absolute Gasteiger partial charge is 0.480 e. The molecule has 1 amide bonds. The molecular weight excluding hydrogens is 268 g/mol. The van der Waals surface area contributed by atoms with Crippen molar-refractivity contribution in [1.29, 1.82) is 0 Å². The molecule has 0 saturated heterocycles. The van der Waals surface area contributed by atoms with E-state index in [9.17, 15) is 18.0 Å². The quantitative estimate of drug-likeness (QED) is 0.690. The molecule has 1 aromatic heterocycles. The Balaban J connectivity index is 2.85. The number of sulfonamides is 1. The first-order chi connectivity index (χ1) is 7.71. The first kappa shape index (κ1) is 13.6. The number of carboxylic acids is 1. The van der Waals surface area contributed by atoms with Gasteiger partial charge in [-0.1, -0.05) is 0 Å². The molecule has 1 heterocycles. The highest BCUT2D eigenvalue weighted by Crippen LogP contribution is 2.18. The monoisotopic (exact) mass is 278 g/mol. The Kier molecular flexibility index (Phi) is 3.86. The molecule has 0 aliphatic rings. The second-order valence-electron chi connectivity index (χ2n) is 3.23. The molecule has 0 unspecified atom stereocenters. The first-order valence-corrected chi connectivity index (χ1v) is 6.79. The van der Waals surface area contributed by atoms with Crippen LogP contribution in [-0.2, 0) is 14.8 Å². The van der Waals surface area contributed by atoms with Crippen LogP contribution in [0, 0.1) is 0 Å². The standard InChI is InChI=1S/C8H10N2O5S2/c1-4(8(12)13)10-7(11)5-2-6(16-3-5)17(9,14)15/h2-4H,1H3,(H,10,11)(H,12,13)(H2,9,14,15)/t4-/m0/s1. The SMILES string of the molecule is C[C@H](NC(=O)c1csc(S(N)(=O)=O)c1)C(=O)O. The average molecular weight is 278 g/mol. The zero-order valence-corrected chi connectivity index (χ0v) is 10.3. The van der Waals surface area contributed by atoms with Crippen molar-refractivity contribution in [3.05, 3.63) is 17.0 Å². The van der Waals surface area contributed by atoms with E-state index >= 15 is 0 Å². The molecule has 9 heteroatoms. The Hall–Kier alpha value is -1.45. The summed E-state index contributed by atoms with van der Waals surface area (Å²) in [4.78, 5) is 22.0. The van der Waals surface area contributed by atoms with Gasteiger partial charge in [-0.15, -0.1) is 11.3 Å². The summed E-state index contributed by atoms with van der Waals surface area (Å²) in [5.74, 6) is -1.84. The predicted octanol–water partition coefficient (Wildman–Crippen LogP) is -0.402. The van der Waals surface area contributed by atoms with Gasteiger partial charge in [-0.3, -0.25) is 9.59 Å². The molecule has 0 saturated carbocycles. The topological polar surface area (TPSA) is 127 Å². The van der Waals surface area contributed by atoms with E-state index < -0.39 is 27.9 Å². The zero-order chi connectivity index (χ0) is 13.2. The van der Waals surface area contributed by atoms with E-state index in [1.165, 1.54) is 12.3 Å². The number of thiophene rings is 1. The molecule has 7 nitrogen and oxygen atoms in total. The van der Waals surface area contributed by atoms with Crippen LogP contribution in [0.2, 0.25) is 0 Å². The molecule has 1 atom stereocenters. The van der Waals surface area contributed by atoms with Gasteiger partial charge in [0.1, 0.15) is 10.3 Å². The van der Waals surface area contributed by atoms with Gasteiger partial charge in [0, 0.05) is 5.38 Å².